The lowest BCUT2D eigenvalue weighted by Gasteiger charge is -2.33. The Morgan fingerprint density at radius 1 is 1.30 bits per heavy atom. The molecule has 1 aliphatic heterocycles. The van der Waals surface area contributed by atoms with E-state index in [0.29, 0.717) is 12.6 Å². The minimum Gasteiger partial charge on any atom is -0.355 e. The molecule has 2 rings (SSSR count). The van der Waals surface area contributed by atoms with Crippen LogP contribution in [0, 0.1) is 5.92 Å². The Labute approximate surface area is 129 Å². The van der Waals surface area contributed by atoms with Gasteiger partial charge < -0.3 is 10.6 Å². The summed E-state index contributed by atoms with van der Waals surface area (Å²) in [5, 5.41) is 6.45. The third-order valence-electron chi connectivity index (χ3n) is 4.59. The van der Waals surface area contributed by atoms with E-state index in [-0.39, 0.29) is 18.3 Å². The molecule has 2 N–H and O–H groups in total. The Hall–Kier alpha value is -0.320. The van der Waals surface area contributed by atoms with Crippen LogP contribution >= 0.6 is 12.4 Å². The Morgan fingerprint density at radius 3 is 2.75 bits per heavy atom. The Morgan fingerprint density at radius 2 is 2.05 bits per heavy atom. The normalized spacial score (nSPS) is 24.9. The highest BCUT2D eigenvalue weighted by Gasteiger charge is 2.20. The van der Waals surface area contributed by atoms with Crippen LogP contribution in [0.5, 0.6) is 0 Å². The van der Waals surface area contributed by atoms with E-state index in [1.807, 2.05) is 0 Å². The van der Waals surface area contributed by atoms with Crippen molar-refractivity contribution in [3.63, 3.8) is 0 Å². The van der Waals surface area contributed by atoms with Crippen LogP contribution in [0.3, 0.4) is 0 Å². The van der Waals surface area contributed by atoms with Crippen LogP contribution in [-0.2, 0) is 4.79 Å². The van der Waals surface area contributed by atoms with Gasteiger partial charge in [0.2, 0.25) is 5.91 Å². The quantitative estimate of drug-likeness (QED) is 0.814. The van der Waals surface area contributed by atoms with E-state index in [1.165, 1.54) is 38.5 Å². The third-order valence-corrected chi connectivity index (χ3v) is 4.59. The molecule has 4 nitrogen and oxygen atoms in total. The van der Waals surface area contributed by atoms with Gasteiger partial charge in [-0.2, -0.15) is 0 Å². The summed E-state index contributed by atoms with van der Waals surface area (Å²) >= 11 is 0. The minimum atomic E-state index is 0. The molecule has 5 heteroatoms. The van der Waals surface area contributed by atoms with Gasteiger partial charge in [-0.3, -0.25) is 9.69 Å². The van der Waals surface area contributed by atoms with Crippen molar-refractivity contribution in [3.05, 3.63) is 0 Å². The first-order valence-electron chi connectivity index (χ1n) is 7.97. The fourth-order valence-electron chi connectivity index (χ4n) is 3.25. The maximum atomic E-state index is 11.9. The van der Waals surface area contributed by atoms with Gasteiger partial charge in [-0.25, -0.2) is 0 Å². The number of halogens is 1. The first kappa shape index (κ1) is 17.7. The van der Waals surface area contributed by atoms with Crippen molar-refractivity contribution in [3.8, 4) is 0 Å². The molecule has 1 atom stereocenters. The lowest BCUT2D eigenvalue weighted by molar-refractivity contribution is -0.123. The third kappa shape index (κ3) is 5.98. The number of piperazine rings is 1. The second-order valence-electron chi connectivity index (χ2n) is 6.17. The van der Waals surface area contributed by atoms with Crippen LogP contribution in [0.1, 0.15) is 45.4 Å². The molecule has 1 heterocycles. The Kier molecular flexibility index (Phi) is 8.50. The van der Waals surface area contributed by atoms with E-state index in [9.17, 15) is 4.79 Å². The van der Waals surface area contributed by atoms with Crippen LogP contribution in [0.4, 0.5) is 0 Å². The number of hydrogen-bond donors (Lipinski definition) is 2. The second kappa shape index (κ2) is 9.59. The number of amides is 1. The molecule has 0 aromatic carbocycles. The SMILES string of the molecule is C[C@H]1CNCCN1CC(=O)NCCC1CCCCC1.Cl. The van der Waals surface area contributed by atoms with Crippen molar-refractivity contribution >= 4 is 18.3 Å². The molecule has 1 saturated heterocycles. The van der Waals surface area contributed by atoms with Crippen LogP contribution in [0.25, 0.3) is 0 Å². The molecular weight excluding hydrogens is 274 g/mol. The van der Waals surface area contributed by atoms with Gasteiger partial charge in [-0.15, -0.1) is 12.4 Å². The van der Waals surface area contributed by atoms with Gasteiger partial charge in [-0.1, -0.05) is 32.1 Å². The summed E-state index contributed by atoms with van der Waals surface area (Å²) in [5.74, 6) is 1.05. The lowest BCUT2D eigenvalue weighted by atomic mass is 9.87. The first-order valence-corrected chi connectivity index (χ1v) is 7.97. The van der Waals surface area contributed by atoms with E-state index in [2.05, 4.69) is 22.5 Å². The monoisotopic (exact) mass is 303 g/mol. The summed E-state index contributed by atoms with van der Waals surface area (Å²) in [6, 6.07) is 0.470. The van der Waals surface area contributed by atoms with Gasteiger partial charge in [0.1, 0.15) is 0 Å². The van der Waals surface area contributed by atoms with Crippen molar-refractivity contribution in [2.24, 2.45) is 5.92 Å². The van der Waals surface area contributed by atoms with E-state index >= 15 is 0 Å². The molecule has 0 aromatic heterocycles. The fourth-order valence-corrected chi connectivity index (χ4v) is 3.25. The summed E-state index contributed by atoms with van der Waals surface area (Å²) < 4.78 is 0. The van der Waals surface area contributed by atoms with Gasteiger partial charge in [0.05, 0.1) is 6.54 Å². The molecular formula is C15H30ClN3O. The second-order valence-corrected chi connectivity index (χ2v) is 6.17. The van der Waals surface area contributed by atoms with E-state index in [4.69, 9.17) is 0 Å². The van der Waals surface area contributed by atoms with Gasteiger partial charge in [0.25, 0.3) is 0 Å². The van der Waals surface area contributed by atoms with Crippen LogP contribution < -0.4 is 10.6 Å². The van der Waals surface area contributed by atoms with Crippen molar-refractivity contribution in [1.29, 1.82) is 0 Å². The number of nitrogens with zero attached hydrogens (tertiary/aromatic N) is 1. The molecule has 20 heavy (non-hydrogen) atoms. The average molecular weight is 304 g/mol. The molecule has 0 radical (unpaired) electrons. The number of carbonyl (C=O) groups is 1. The molecule has 0 unspecified atom stereocenters. The van der Waals surface area contributed by atoms with Crippen molar-refractivity contribution in [1.82, 2.24) is 15.5 Å². The molecule has 118 valence electrons. The first-order chi connectivity index (χ1) is 9.25. The Balaban J connectivity index is 0.00000200. The molecule has 0 spiro atoms. The number of rotatable bonds is 5. The number of carbonyl (C=O) groups excluding carboxylic acids is 1. The maximum absolute atomic E-state index is 11.9. The zero-order chi connectivity index (χ0) is 13.5. The Bertz CT molecular complexity index is 282. The standard InChI is InChI=1S/C15H29N3O.ClH/c1-13-11-16-9-10-18(13)12-15(19)17-8-7-14-5-3-2-4-6-14;/h13-14,16H,2-12H2,1H3,(H,17,19);1H/t13-;/m0./s1. The molecule has 1 aliphatic carbocycles. The summed E-state index contributed by atoms with van der Waals surface area (Å²) in [5.41, 5.74) is 0. The maximum Gasteiger partial charge on any atom is 0.234 e. The van der Waals surface area contributed by atoms with Crippen molar-refractivity contribution in [2.45, 2.75) is 51.5 Å². The highest BCUT2D eigenvalue weighted by atomic mass is 35.5. The topological polar surface area (TPSA) is 44.4 Å². The van der Waals surface area contributed by atoms with Gasteiger partial charge in [0.15, 0.2) is 0 Å². The highest BCUT2D eigenvalue weighted by Crippen LogP contribution is 2.25. The molecule has 2 aliphatic rings. The van der Waals surface area contributed by atoms with E-state index in [0.717, 1.165) is 32.1 Å². The number of hydrogen-bond acceptors (Lipinski definition) is 3. The van der Waals surface area contributed by atoms with Crippen LogP contribution in [-0.4, -0.2) is 49.6 Å². The molecule has 1 amide bonds. The van der Waals surface area contributed by atoms with Gasteiger partial charge in [-0.05, 0) is 19.3 Å². The average Bonchev–Trinajstić information content (AvgIpc) is 2.43. The molecule has 0 bridgehead atoms. The molecule has 2 fully saturated rings. The largest absolute Gasteiger partial charge is 0.355 e. The van der Waals surface area contributed by atoms with Gasteiger partial charge >= 0.3 is 0 Å². The lowest BCUT2D eigenvalue weighted by Crippen LogP contribution is -2.52. The number of nitrogens with one attached hydrogen (secondary N) is 2. The van der Waals surface area contributed by atoms with E-state index < -0.39 is 0 Å². The van der Waals surface area contributed by atoms with Crippen LogP contribution in [0.15, 0.2) is 0 Å². The highest BCUT2D eigenvalue weighted by molar-refractivity contribution is 5.85. The smallest absolute Gasteiger partial charge is 0.234 e. The summed E-state index contributed by atoms with van der Waals surface area (Å²) in [4.78, 5) is 14.2. The van der Waals surface area contributed by atoms with Crippen molar-refractivity contribution < 1.29 is 4.79 Å². The van der Waals surface area contributed by atoms with Crippen molar-refractivity contribution in [2.75, 3.05) is 32.7 Å². The summed E-state index contributed by atoms with van der Waals surface area (Å²) in [6.45, 7) is 6.59. The predicted molar refractivity (Wildman–Crippen MR) is 85.4 cm³/mol. The summed E-state index contributed by atoms with van der Waals surface area (Å²) in [7, 11) is 0. The zero-order valence-electron chi connectivity index (χ0n) is 12.7. The zero-order valence-corrected chi connectivity index (χ0v) is 13.5. The van der Waals surface area contributed by atoms with Gasteiger partial charge in [0, 0.05) is 32.2 Å². The fraction of sp³-hybridized carbons (Fsp3) is 0.933. The molecule has 0 aromatic rings. The molecule has 1 saturated carbocycles. The minimum absolute atomic E-state index is 0. The summed E-state index contributed by atoms with van der Waals surface area (Å²) in [6.07, 6.45) is 8.08. The van der Waals surface area contributed by atoms with E-state index in [1.54, 1.807) is 0 Å². The predicted octanol–water partition coefficient (Wildman–Crippen LogP) is 1.79. The van der Waals surface area contributed by atoms with Crippen LogP contribution in [0.2, 0.25) is 0 Å².